The van der Waals surface area contributed by atoms with Gasteiger partial charge in [-0.15, -0.1) is 0 Å². The minimum Gasteiger partial charge on any atom is -0.476 e. The summed E-state index contributed by atoms with van der Waals surface area (Å²) in [7, 11) is 0. The van der Waals surface area contributed by atoms with Crippen molar-refractivity contribution in [2.24, 2.45) is 0 Å². The maximum absolute atomic E-state index is 10.9. The first-order valence-corrected chi connectivity index (χ1v) is 5.08. The third kappa shape index (κ3) is 1.54. The highest BCUT2D eigenvalue weighted by Crippen LogP contribution is 2.16. The van der Waals surface area contributed by atoms with Gasteiger partial charge < -0.3 is 5.11 Å². The van der Waals surface area contributed by atoms with Crippen LogP contribution in [0.25, 0.3) is 5.65 Å². The van der Waals surface area contributed by atoms with Crippen LogP contribution in [0.4, 0.5) is 0 Å². The average molecular weight is 219 g/mol. The van der Waals surface area contributed by atoms with E-state index in [1.165, 1.54) is 0 Å². The number of nitrogens with zero attached hydrogens (tertiary/aromatic N) is 3. The molecule has 5 nitrogen and oxygen atoms in total. The molecule has 0 saturated carbocycles. The summed E-state index contributed by atoms with van der Waals surface area (Å²) in [6.07, 6.45) is 3.59. The summed E-state index contributed by atoms with van der Waals surface area (Å²) in [5.41, 5.74) is 1.46. The van der Waals surface area contributed by atoms with E-state index in [0.717, 1.165) is 5.56 Å². The summed E-state index contributed by atoms with van der Waals surface area (Å²) in [6.45, 7) is 5.89. The van der Waals surface area contributed by atoms with E-state index in [1.807, 2.05) is 6.20 Å². The van der Waals surface area contributed by atoms with E-state index in [-0.39, 0.29) is 5.69 Å². The largest absolute Gasteiger partial charge is 0.476 e. The monoisotopic (exact) mass is 219 g/mol. The van der Waals surface area contributed by atoms with Gasteiger partial charge in [-0.1, -0.05) is 13.8 Å². The Bertz CT molecular complexity index is 558. The number of carboxylic acids is 1. The Morgan fingerprint density at radius 1 is 1.50 bits per heavy atom. The standard InChI is InChI=1S/C11H13N3O2/c1-6(2)8-4-12-10-9(11(15)16)13-7(3)14(10)5-8/h4-6H,1-3H3,(H,15,16). The van der Waals surface area contributed by atoms with E-state index in [0.29, 0.717) is 17.4 Å². The molecular weight excluding hydrogens is 206 g/mol. The summed E-state index contributed by atoms with van der Waals surface area (Å²) in [6, 6.07) is 0. The second-order valence-corrected chi connectivity index (χ2v) is 4.05. The molecule has 0 radical (unpaired) electrons. The second-order valence-electron chi connectivity index (χ2n) is 4.05. The van der Waals surface area contributed by atoms with Crippen molar-refractivity contribution in [3.8, 4) is 0 Å². The Morgan fingerprint density at radius 3 is 2.75 bits per heavy atom. The molecular formula is C11H13N3O2. The van der Waals surface area contributed by atoms with Gasteiger partial charge in [0.05, 0.1) is 0 Å². The van der Waals surface area contributed by atoms with Gasteiger partial charge in [0, 0.05) is 12.4 Å². The third-order valence-electron chi connectivity index (χ3n) is 2.55. The maximum Gasteiger partial charge on any atom is 0.358 e. The van der Waals surface area contributed by atoms with E-state index in [9.17, 15) is 4.79 Å². The molecule has 84 valence electrons. The zero-order valence-electron chi connectivity index (χ0n) is 9.43. The van der Waals surface area contributed by atoms with Gasteiger partial charge in [0.1, 0.15) is 5.82 Å². The smallest absolute Gasteiger partial charge is 0.358 e. The molecule has 0 aliphatic carbocycles. The van der Waals surface area contributed by atoms with Gasteiger partial charge in [0.25, 0.3) is 0 Å². The molecule has 2 rings (SSSR count). The molecule has 0 aliphatic rings. The van der Waals surface area contributed by atoms with Crippen LogP contribution in [0.5, 0.6) is 0 Å². The van der Waals surface area contributed by atoms with Gasteiger partial charge in [-0.25, -0.2) is 14.8 Å². The van der Waals surface area contributed by atoms with Crippen molar-refractivity contribution < 1.29 is 9.90 Å². The van der Waals surface area contributed by atoms with E-state index in [2.05, 4.69) is 23.8 Å². The average Bonchev–Trinajstić information content (AvgIpc) is 2.56. The highest BCUT2D eigenvalue weighted by molar-refractivity contribution is 5.92. The van der Waals surface area contributed by atoms with E-state index < -0.39 is 5.97 Å². The first kappa shape index (κ1) is 10.6. The fraction of sp³-hybridized carbons (Fsp3) is 0.364. The van der Waals surface area contributed by atoms with Gasteiger partial charge in [0.15, 0.2) is 11.3 Å². The number of hydrogen-bond donors (Lipinski definition) is 1. The quantitative estimate of drug-likeness (QED) is 0.837. The van der Waals surface area contributed by atoms with Gasteiger partial charge in [-0.3, -0.25) is 4.40 Å². The second kappa shape index (κ2) is 3.59. The Hall–Kier alpha value is -1.91. The fourth-order valence-electron chi connectivity index (χ4n) is 1.57. The fourth-order valence-corrected chi connectivity index (χ4v) is 1.57. The molecule has 0 spiro atoms. The minimum absolute atomic E-state index is 0.00723. The van der Waals surface area contributed by atoms with Crippen LogP contribution >= 0.6 is 0 Å². The number of carbonyl (C=O) groups is 1. The van der Waals surface area contributed by atoms with Crippen LogP contribution in [-0.2, 0) is 0 Å². The SMILES string of the molecule is Cc1nc(C(=O)O)c2ncc(C(C)C)cn12. The van der Waals surface area contributed by atoms with Crippen LogP contribution in [0.1, 0.15) is 41.6 Å². The van der Waals surface area contributed by atoms with Crippen molar-refractivity contribution in [1.29, 1.82) is 0 Å². The topological polar surface area (TPSA) is 67.5 Å². The molecule has 0 aliphatic heterocycles. The van der Waals surface area contributed by atoms with Gasteiger partial charge >= 0.3 is 5.97 Å². The third-order valence-corrected chi connectivity index (χ3v) is 2.55. The zero-order chi connectivity index (χ0) is 11.9. The van der Waals surface area contributed by atoms with Crippen LogP contribution in [0.3, 0.4) is 0 Å². The van der Waals surface area contributed by atoms with Gasteiger partial charge in [-0.2, -0.15) is 0 Å². The first-order valence-electron chi connectivity index (χ1n) is 5.08. The lowest BCUT2D eigenvalue weighted by Gasteiger charge is -2.05. The van der Waals surface area contributed by atoms with Crippen LogP contribution in [0, 0.1) is 6.92 Å². The number of aryl methyl sites for hydroxylation is 1. The molecule has 0 saturated heterocycles. The van der Waals surface area contributed by atoms with Gasteiger partial charge in [0.2, 0.25) is 0 Å². The lowest BCUT2D eigenvalue weighted by atomic mass is 10.1. The first-order chi connectivity index (χ1) is 7.50. The lowest BCUT2D eigenvalue weighted by Crippen LogP contribution is -2.00. The van der Waals surface area contributed by atoms with Crippen molar-refractivity contribution in [2.45, 2.75) is 26.7 Å². The summed E-state index contributed by atoms with van der Waals surface area (Å²) in [5, 5.41) is 8.96. The van der Waals surface area contributed by atoms with Crippen LogP contribution in [0.15, 0.2) is 12.4 Å². The van der Waals surface area contributed by atoms with Crippen LogP contribution < -0.4 is 0 Å². The molecule has 0 atom stereocenters. The van der Waals surface area contributed by atoms with E-state index in [4.69, 9.17) is 5.11 Å². The number of hydrogen-bond acceptors (Lipinski definition) is 3. The number of imidazole rings is 1. The molecule has 2 aromatic rings. The number of fused-ring (bicyclic) bond motifs is 1. The summed E-state index contributed by atoms with van der Waals surface area (Å²) in [5.74, 6) is -0.0511. The number of rotatable bonds is 2. The summed E-state index contributed by atoms with van der Waals surface area (Å²) in [4.78, 5) is 19.1. The van der Waals surface area contributed by atoms with E-state index >= 15 is 0 Å². The highest BCUT2D eigenvalue weighted by Gasteiger charge is 2.16. The Balaban J connectivity index is 2.71. The number of aromatic carboxylic acids is 1. The Morgan fingerprint density at radius 2 is 2.19 bits per heavy atom. The van der Waals surface area contributed by atoms with Crippen molar-refractivity contribution in [3.05, 3.63) is 29.5 Å². The van der Waals surface area contributed by atoms with Crippen molar-refractivity contribution in [2.75, 3.05) is 0 Å². The van der Waals surface area contributed by atoms with Crippen LogP contribution in [-0.4, -0.2) is 25.4 Å². The predicted molar refractivity (Wildman–Crippen MR) is 58.8 cm³/mol. The number of aromatic nitrogens is 3. The molecule has 16 heavy (non-hydrogen) atoms. The molecule has 1 N–H and O–H groups in total. The number of carboxylic acid groups (broad SMARTS) is 1. The molecule has 0 unspecified atom stereocenters. The molecule has 2 heterocycles. The van der Waals surface area contributed by atoms with Crippen LogP contribution in [0.2, 0.25) is 0 Å². The van der Waals surface area contributed by atoms with E-state index in [1.54, 1.807) is 17.5 Å². The molecule has 0 bridgehead atoms. The minimum atomic E-state index is -1.05. The summed E-state index contributed by atoms with van der Waals surface area (Å²) < 4.78 is 1.72. The molecule has 0 amide bonds. The van der Waals surface area contributed by atoms with Crippen molar-refractivity contribution >= 4 is 11.6 Å². The molecule has 0 aromatic carbocycles. The highest BCUT2D eigenvalue weighted by atomic mass is 16.4. The Kier molecular flexibility index (Phi) is 2.38. The normalized spacial score (nSPS) is 11.2. The van der Waals surface area contributed by atoms with Gasteiger partial charge in [-0.05, 0) is 18.4 Å². The maximum atomic E-state index is 10.9. The molecule has 0 fully saturated rings. The van der Waals surface area contributed by atoms with Crippen molar-refractivity contribution in [3.63, 3.8) is 0 Å². The summed E-state index contributed by atoms with van der Waals surface area (Å²) >= 11 is 0. The molecule has 5 heteroatoms. The predicted octanol–water partition coefficient (Wildman–Crippen LogP) is 1.86. The lowest BCUT2D eigenvalue weighted by molar-refractivity contribution is 0.0693. The molecule has 2 aromatic heterocycles. The Labute approximate surface area is 92.8 Å². The van der Waals surface area contributed by atoms with Crippen molar-refractivity contribution in [1.82, 2.24) is 14.4 Å². The zero-order valence-corrected chi connectivity index (χ0v) is 9.43.